The molecule has 0 bridgehead atoms. The summed E-state index contributed by atoms with van der Waals surface area (Å²) in [6.45, 7) is 4.78. The van der Waals surface area contributed by atoms with Crippen LogP contribution in [0.25, 0.3) is 0 Å². The molecule has 9 heteroatoms. The summed E-state index contributed by atoms with van der Waals surface area (Å²) in [5, 5.41) is 0. The van der Waals surface area contributed by atoms with E-state index in [-0.39, 0.29) is 26.2 Å². The zero-order valence-electron chi connectivity index (χ0n) is 13.2. The molecule has 1 saturated heterocycles. The topological polar surface area (TPSA) is 53.1 Å². The minimum atomic E-state index is -4.43. The summed E-state index contributed by atoms with van der Waals surface area (Å²) in [7, 11) is 1.11. The number of ether oxygens (including phenoxy) is 1. The number of alkyl halides is 3. The molecule has 0 unspecified atom stereocenters. The van der Waals surface area contributed by atoms with Gasteiger partial charge in [-0.1, -0.05) is 0 Å². The van der Waals surface area contributed by atoms with Crippen molar-refractivity contribution in [2.45, 2.75) is 32.5 Å². The van der Waals surface area contributed by atoms with Gasteiger partial charge in [-0.05, 0) is 20.8 Å². The second-order valence-electron chi connectivity index (χ2n) is 6.21. The quantitative estimate of drug-likeness (QED) is 0.742. The SMILES string of the molecule is CN(CC(F)(F)F)C(=O)N1CCN(C(=O)OC(C)(C)C)CC1. The summed E-state index contributed by atoms with van der Waals surface area (Å²) in [6, 6.07) is -0.693. The highest BCUT2D eigenvalue weighted by atomic mass is 19.4. The van der Waals surface area contributed by atoms with E-state index in [1.807, 2.05) is 0 Å². The predicted octanol–water partition coefficient (Wildman–Crippen LogP) is 2.15. The van der Waals surface area contributed by atoms with Crippen LogP contribution in [0.5, 0.6) is 0 Å². The maximum atomic E-state index is 12.3. The van der Waals surface area contributed by atoms with Crippen molar-refractivity contribution >= 4 is 12.1 Å². The van der Waals surface area contributed by atoms with E-state index in [1.165, 1.54) is 9.80 Å². The molecule has 1 rings (SSSR count). The molecule has 0 N–H and O–H groups in total. The molecule has 0 spiro atoms. The Labute approximate surface area is 127 Å². The average molecular weight is 325 g/mol. The van der Waals surface area contributed by atoms with Crippen molar-refractivity contribution in [2.24, 2.45) is 0 Å². The normalized spacial score (nSPS) is 16.5. The summed E-state index contributed by atoms with van der Waals surface area (Å²) < 4.78 is 42.0. The number of amides is 3. The van der Waals surface area contributed by atoms with Gasteiger partial charge in [0.25, 0.3) is 0 Å². The maximum absolute atomic E-state index is 12.3. The van der Waals surface area contributed by atoms with Gasteiger partial charge in [0.1, 0.15) is 12.1 Å². The zero-order valence-corrected chi connectivity index (χ0v) is 13.2. The summed E-state index contributed by atoms with van der Waals surface area (Å²) in [5.74, 6) is 0. The number of nitrogens with zero attached hydrogens (tertiary/aromatic N) is 3. The van der Waals surface area contributed by atoms with Gasteiger partial charge in [0.2, 0.25) is 0 Å². The number of urea groups is 1. The highest BCUT2D eigenvalue weighted by Gasteiger charge is 2.34. The highest BCUT2D eigenvalue weighted by Crippen LogP contribution is 2.17. The molecule has 128 valence electrons. The van der Waals surface area contributed by atoms with Crippen molar-refractivity contribution in [1.29, 1.82) is 0 Å². The molecule has 6 nitrogen and oxygen atoms in total. The van der Waals surface area contributed by atoms with E-state index in [9.17, 15) is 22.8 Å². The molecule has 3 amide bonds. The fourth-order valence-electron chi connectivity index (χ4n) is 1.98. The van der Waals surface area contributed by atoms with Gasteiger partial charge in [0.05, 0.1) is 0 Å². The maximum Gasteiger partial charge on any atom is 0.410 e. The molecule has 1 aliphatic rings. The molecule has 0 atom stereocenters. The number of hydrogen-bond donors (Lipinski definition) is 0. The number of rotatable bonds is 1. The lowest BCUT2D eigenvalue weighted by Crippen LogP contribution is -2.54. The van der Waals surface area contributed by atoms with Crippen molar-refractivity contribution in [3.05, 3.63) is 0 Å². The van der Waals surface area contributed by atoms with E-state index in [1.54, 1.807) is 20.8 Å². The highest BCUT2D eigenvalue weighted by molar-refractivity contribution is 5.75. The van der Waals surface area contributed by atoms with Crippen LogP contribution in [0.3, 0.4) is 0 Å². The number of piperazine rings is 1. The van der Waals surface area contributed by atoms with Gasteiger partial charge >= 0.3 is 18.3 Å². The fraction of sp³-hybridized carbons (Fsp3) is 0.846. The van der Waals surface area contributed by atoms with Gasteiger partial charge in [0, 0.05) is 33.2 Å². The third-order valence-corrected chi connectivity index (χ3v) is 2.94. The molecule has 0 radical (unpaired) electrons. The smallest absolute Gasteiger partial charge is 0.410 e. The van der Waals surface area contributed by atoms with Crippen molar-refractivity contribution in [2.75, 3.05) is 39.8 Å². The van der Waals surface area contributed by atoms with Gasteiger partial charge < -0.3 is 19.4 Å². The van der Waals surface area contributed by atoms with E-state index >= 15 is 0 Å². The van der Waals surface area contributed by atoms with E-state index in [0.717, 1.165) is 7.05 Å². The van der Waals surface area contributed by atoms with Crippen LogP contribution in [0, 0.1) is 0 Å². The van der Waals surface area contributed by atoms with Gasteiger partial charge in [-0.25, -0.2) is 9.59 Å². The summed E-state index contributed by atoms with van der Waals surface area (Å²) in [5.41, 5.74) is -0.614. The molecule has 0 aromatic heterocycles. The van der Waals surface area contributed by atoms with Crippen LogP contribution < -0.4 is 0 Å². The van der Waals surface area contributed by atoms with Crippen LogP contribution in [-0.2, 0) is 4.74 Å². The standard InChI is InChI=1S/C13H22F3N3O3/c1-12(2,3)22-11(21)19-7-5-18(6-8-19)10(20)17(4)9-13(14,15)16/h5-9H2,1-4H3. The molecule has 0 aliphatic carbocycles. The van der Waals surface area contributed by atoms with E-state index in [0.29, 0.717) is 4.90 Å². The largest absolute Gasteiger partial charge is 0.444 e. The Kier molecular flexibility index (Phi) is 5.53. The second kappa shape index (κ2) is 6.62. The van der Waals surface area contributed by atoms with E-state index in [2.05, 4.69) is 0 Å². The van der Waals surface area contributed by atoms with Crippen LogP contribution in [0.1, 0.15) is 20.8 Å². The lowest BCUT2D eigenvalue weighted by Gasteiger charge is -2.37. The van der Waals surface area contributed by atoms with Crippen LogP contribution in [0.4, 0.5) is 22.8 Å². The van der Waals surface area contributed by atoms with Gasteiger partial charge in [-0.3, -0.25) is 0 Å². The van der Waals surface area contributed by atoms with Gasteiger partial charge in [0.15, 0.2) is 0 Å². The molecule has 0 aromatic rings. The second-order valence-corrected chi connectivity index (χ2v) is 6.21. The van der Waals surface area contributed by atoms with Crippen molar-refractivity contribution < 1.29 is 27.5 Å². The lowest BCUT2D eigenvalue weighted by molar-refractivity contribution is -0.138. The lowest BCUT2D eigenvalue weighted by atomic mass is 10.2. The summed E-state index contributed by atoms with van der Waals surface area (Å²) in [6.07, 6.45) is -4.91. The Balaban J connectivity index is 2.48. The Morgan fingerprint density at radius 3 is 1.91 bits per heavy atom. The minimum Gasteiger partial charge on any atom is -0.444 e. The van der Waals surface area contributed by atoms with Crippen molar-refractivity contribution in [1.82, 2.24) is 14.7 Å². The zero-order chi connectivity index (χ0) is 17.1. The molecule has 0 saturated carbocycles. The van der Waals surface area contributed by atoms with Crippen LogP contribution in [0.2, 0.25) is 0 Å². The average Bonchev–Trinajstić information content (AvgIpc) is 2.34. The molecular weight excluding hydrogens is 303 g/mol. The number of carbonyl (C=O) groups excluding carboxylic acids is 2. The number of halogens is 3. The predicted molar refractivity (Wildman–Crippen MR) is 73.5 cm³/mol. The number of hydrogen-bond acceptors (Lipinski definition) is 3. The molecule has 1 fully saturated rings. The van der Waals surface area contributed by atoms with Crippen LogP contribution >= 0.6 is 0 Å². The first-order valence-corrected chi connectivity index (χ1v) is 6.94. The van der Waals surface area contributed by atoms with Crippen LogP contribution in [0.15, 0.2) is 0 Å². The first kappa shape index (κ1) is 18.4. The molecule has 22 heavy (non-hydrogen) atoms. The first-order valence-electron chi connectivity index (χ1n) is 6.94. The van der Waals surface area contributed by atoms with Crippen molar-refractivity contribution in [3.8, 4) is 0 Å². The Hall–Kier alpha value is -1.67. The molecule has 0 aromatic carbocycles. The fourth-order valence-corrected chi connectivity index (χ4v) is 1.98. The Morgan fingerprint density at radius 1 is 1.05 bits per heavy atom. The van der Waals surface area contributed by atoms with E-state index < -0.39 is 30.4 Å². The monoisotopic (exact) mass is 325 g/mol. The van der Waals surface area contributed by atoms with E-state index in [4.69, 9.17) is 4.74 Å². The minimum absolute atomic E-state index is 0.181. The third kappa shape index (κ3) is 5.98. The van der Waals surface area contributed by atoms with Crippen LogP contribution in [-0.4, -0.2) is 78.4 Å². The summed E-state index contributed by atoms with van der Waals surface area (Å²) >= 11 is 0. The van der Waals surface area contributed by atoms with Gasteiger partial charge in [-0.15, -0.1) is 0 Å². The molecular formula is C13H22F3N3O3. The van der Waals surface area contributed by atoms with Crippen molar-refractivity contribution in [3.63, 3.8) is 0 Å². The Morgan fingerprint density at radius 2 is 1.50 bits per heavy atom. The number of carbonyl (C=O) groups is 2. The molecule has 1 heterocycles. The first-order chi connectivity index (χ1) is 9.89. The van der Waals surface area contributed by atoms with Gasteiger partial charge in [-0.2, -0.15) is 13.2 Å². The molecule has 1 aliphatic heterocycles. The summed E-state index contributed by atoms with van der Waals surface area (Å²) in [4.78, 5) is 27.1. The Bertz CT molecular complexity index is 413. The third-order valence-electron chi connectivity index (χ3n) is 2.94.